The summed E-state index contributed by atoms with van der Waals surface area (Å²) >= 11 is 0. The Labute approximate surface area is 168 Å². The number of carbonyl (C=O) groups excluding carboxylic acids is 1. The fourth-order valence-electron chi connectivity index (χ4n) is 3.99. The highest BCUT2D eigenvalue weighted by Gasteiger charge is 2.14. The van der Waals surface area contributed by atoms with E-state index in [0.29, 0.717) is 31.4 Å². The van der Waals surface area contributed by atoms with Crippen molar-refractivity contribution in [1.82, 2.24) is 25.0 Å². The minimum absolute atomic E-state index is 0.0586. The summed E-state index contributed by atoms with van der Waals surface area (Å²) < 4.78 is 7.34. The monoisotopic (exact) mass is 397 g/mol. The number of benzene rings is 1. The number of amides is 1. The van der Waals surface area contributed by atoms with Crippen molar-refractivity contribution in [3.05, 3.63) is 40.8 Å². The lowest BCUT2D eigenvalue weighted by atomic mass is 10.2. The molecule has 2 N–H and O–H groups in total. The van der Waals surface area contributed by atoms with Crippen LogP contribution in [0.25, 0.3) is 21.8 Å². The summed E-state index contributed by atoms with van der Waals surface area (Å²) in [6.07, 6.45) is 3.75. The van der Waals surface area contributed by atoms with E-state index in [-0.39, 0.29) is 11.5 Å². The molecule has 0 bridgehead atoms. The largest absolute Gasteiger partial charge is 0.379 e. The first-order valence-corrected chi connectivity index (χ1v) is 10.3. The fraction of sp³-hybridized carbons (Fsp3) is 0.476. The number of hydrogen-bond acceptors (Lipinski definition) is 5. The van der Waals surface area contributed by atoms with Crippen LogP contribution < -0.4 is 10.9 Å². The van der Waals surface area contributed by atoms with Gasteiger partial charge in [-0.15, -0.1) is 0 Å². The molecule has 0 spiro atoms. The van der Waals surface area contributed by atoms with Gasteiger partial charge in [-0.25, -0.2) is 5.10 Å². The van der Waals surface area contributed by atoms with Gasteiger partial charge < -0.3 is 14.6 Å². The summed E-state index contributed by atoms with van der Waals surface area (Å²) in [5, 5.41) is 11.3. The summed E-state index contributed by atoms with van der Waals surface area (Å²) in [5.41, 5.74) is 1.41. The lowest BCUT2D eigenvalue weighted by molar-refractivity contribution is -0.121. The predicted octanol–water partition coefficient (Wildman–Crippen LogP) is 1.50. The molecule has 8 heteroatoms. The van der Waals surface area contributed by atoms with Gasteiger partial charge >= 0.3 is 0 Å². The highest BCUT2D eigenvalue weighted by atomic mass is 16.5. The first kappa shape index (κ1) is 19.6. The Morgan fingerprint density at radius 3 is 2.83 bits per heavy atom. The topological polar surface area (TPSA) is 92.2 Å². The molecule has 0 radical (unpaired) electrons. The number of morpholine rings is 1. The van der Waals surface area contributed by atoms with Crippen LogP contribution in [0.5, 0.6) is 0 Å². The Hall–Kier alpha value is -2.71. The van der Waals surface area contributed by atoms with E-state index in [2.05, 4.69) is 20.4 Å². The van der Waals surface area contributed by atoms with Crippen molar-refractivity contribution in [2.24, 2.45) is 0 Å². The van der Waals surface area contributed by atoms with Crippen LogP contribution in [-0.4, -0.2) is 65.0 Å². The SMILES string of the molecule is O=C(CCCn1c2ccccc2c2cn[nH]c(=O)c21)NCCCN1CCOCC1. The fourth-order valence-corrected chi connectivity index (χ4v) is 3.99. The van der Waals surface area contributed by atoms with E-state index in [1.54, 1.807) is 6.20 Å². The van der Waals surface area contributed by atoms with Gasteiger partial charge in [0.25, 0.3) is 5.56 Å². The highest BCUT2D eigenvalue weighted by Crippen LogP contribution is 2.26. The van der Waals surface area contributed by atoms with E-state index in [1.165, 1.54) is 0 Å². The van der Waals surface area contributed by atoms with Crippen LogP contribution in [0, 0.1) is 0 Å². The van der Waals surface area contributed by atoms with Gasteiger partial charge in [0.1, 0.15) is 5.52 Å². The minimum atomic E-state index is -0.203. The maximum atomic E-state index is 12.3. The van der Waals surface area contributed by atoms with Crippen molar-refractivity contribution in [3.63, 3.8) is 0 Å². The molecule has 1 amide bonds. The first-order chi connectivity index (χ1) is 14.2. The van der Waals surface area contributed by atoms with E-state index in [0.717, 1.165) is 55.6 Å². The second-order valence-corrected chi connectivity index (χ2v) is 7.39. The third-order valence-corrected chi connectivity index (χ3v) is 5.45. The maximum absolute atomic E-state index is 12.3. The lowest BCUT2D eigenvalue weighted by Gasteiger charge is -2.26. The summed E-state index contributed by atoms with van der Waals surface area (Å²) in [6, 6.07) is 7.91. The number of aryl methyl sites for hydroxylation is 1. The zero-order valence-electron chi connectivity index (χ0n) is 16.5. The van der Waals surface area contributed by atoms with E-state index in [9.17, 15) is 9.59 Å². The van der Waals surface area contributed by atoms with E-state index < -0.39 is 0 Å². The molecule has 1 saturated heterocycles. The zero-order valence-corrected chi connectivity index (χ0v) is 16.5. The number of nitrogens with one attached hydrogen (secondary N) is 2. The normalized spacial score (nSPS) is 15.2. The molecule has 8 nitrogen and oxygen atoms in total. The summed E-state index contributed by atoms with van der Waals surface area (Å²) in [7, 11) is 0. The number of nitrogens with zero attached hydrogens (tertiary/aromatic N) is 3. The van der Waals surface area contributed by atoms with Crippen molar-refractivity contribution in [1.29, 1.82) is 0 Å². The smallest absolute Gasteiger partial charge is 0.288 e. The number of H-pyrrole nitrogens is 1. The summed E-state index contributed by atoms with van der Waals surface area (Å²) in [6.45, 7) is 5.84. The van der Waals surface area contributed by atoms with Gasteiger partial charge in [-0.3, -0.25) is 14.5 Å². The zero-order chi connectivity index (χ0) is 20.1. The van der Waals surface area contributed by atoms with Crippen LogP contribution in [0.1, 0.15) is 19.3 Å². The molecular formula is C21H27N5O3. The number of aromatic nitrogens is 3. The van der Waals surface area contributed by atoms with Gasteiger partial charge in [0.05, 0.1) is 19.4 Å². The van der Waals surface area contributed by atoms with Crippen LogP contribution in [0.4, 0.5) is 0 Å². The third kappa shape index (κ3) is 4.49. The van der Waals surface area contributed by atoms with Crippen molar-refractivity contribution >= 4 is 27.7 Å². The van der Waals surface area contributed by atoms with E-state index in [4.69, 9.17) is 4.74 Å². The molecular weight excluding hydrogens is 370 g/mol. The Bertz CT molecular complexity index is 1040. The Balaban J connectivity index is 1.30. The number of ether oxygens (including phenoxy) is 1. The standard InChI is InChI=1S/C21H27N5O3/c27-19(22-8-4-9-25-11-13-29-14-12-25)7-3-10-26-18-6-2-1-5-16(18)17-15-23-24-21(28)20(17)26/h1-2,5-6,15H,3-4,7-14H2,(H,22,27)(H,24,28). The number of rotatable bonds is 8. The molecule has 0 saturated carbocycles. The maximum Gasteiger partial charge on any atom is 0.288 e. The van der Waals surface area contributed by atoms with Crippen LogP contribution in [-0.2, 0) is 16.1 Å². The molecule has 1 fully saturated rings. The molecule has 4 rings (SSSR count). The molecule has 1 aliphatic heterocycles. The number of fused-ring (bicyclic) bond motifs is 3. The average Bonchev–Trinajstić information content (AvgIpc) is 3.07. The summed E-state index contributed by atoms with van der Waals surface area (Å²) in [5.74, 6) is 0.0586. The van der Waals surface area contributed by atoms with Gasteiger partial charge in [-0.1, -0.05) is 18.2 Å². The molecule has 1 aromatic carbocycles. The van der Waals surface area contributed by atoms with Crippen LogP contribution in [0.3, 0.4) is 0 Å². The number of carbonyl (C=O) groups is 1. The van der Waals surface area contributed by atoms with Crippen LogP contribution in [0.2, 0.25) is 0 Å². The van der Waals surface area contributed by atoms with Crippen molar-refractivity contribution < 1.29 is 9.53 Å². The molecule has 3 aromatic rings. The first-order valence-electron chi connectivity index (χ1n) is 10.3. The lowest BCUT2D eigenvalue weighted by Crippen LogP contribution is -2.38. The second kappa shape index (κ2) is 9.19. The quantitative estimate of drug-likeness (QED) is 0.562. The van der Waals surface area contributed by atoms with Gasteiger partial charge in [-0.05, 0) is 25.5 Å². The minimum Gasteiger partial charge on any atom is -0.379 e. The molecule has 1 aliphatic rings. The van der Waals surface area contributed by atoms with Crippen molar-refractivity contribution in [3.8, 4) is 0 Å². The Morgan fingerprint density at radius 2 is 1.97 bits per heavy atom. The Kier molecular flexibility index (Phi) is 6.21. The molecule has 154 valence electrons. The van der Waals surface area contributed by atoms with Gasteiger partial charge in [-0.2, -0.15) is 5.10 Å². The molecule has 3 heterocycles. The van der Waals surface area contributed by atoms with Gasteiger partial charge in [0, 0.05) is 48.9 Å². The van der Waals surface area contributed by atoms with Crippen LogP contribution >= 0.6 is 0 Å². The second-order valence-electron chi connectivity index (χ2n) is 7.39. The van der Waals surface area contributed by atoms with E-state index in [1.807, 2.05) is 28.8 Å². The van der Waals surface area contributed by atoms with E-state index >= 15 is 0 Å². The third-order valence-electron chi connectivity index (χ3n) is 5.45. The molecule has 0 unspecified atom stereocenters. The number of para-hydroxylation sites is 1. The van der Waals surface area contributed by atoms with Crippen molar-refractivity contribution in [2.45, 2.75) is 25.8 Å². The molecule has 0 aliphatic carbocycles. The van der Waals surface area contributed by atoms with Crippen LogP contribution in [0.15, 0.2) is 35.3 Å². The molecule has 2 aromatic heterocycles. The number of hydrogen-bond donors (Lipinski definition) is 2. The van der Waals surface area contributed by atoms with Crippen molar-refractivity contribution in [2.75, 3.05) is 39.4 Å². The molecule has 29 heavy (non-hydrogen) atoms. The Morgan fingerprint density at radius 1 is 1.14 bits per heavy atom. The molecule has 0 atom stereocenters. The predicted molar refractivity (Wildman–Crippen MR) is 112 cm³/mol. The highest BCUT2D eigenvalue weighted by molar-refractivity contribution is 6.07. The average molecular weight is 397 g/mol. The summed E-state index contributed by atoms with van der Waals surface area (Å²) in [4.78, 5) is 26.9. The van der Waals surface area contributed by atoms with Gasteiger partial charge in [0.15, 0.2) is 0 Å². The number of aromatic amines is 1. The van der Waals surface area contributed by atoms with Gasteiger partial charge in [0.2, 0.25) is 5.91 Å².